The zero-order chi connectivity index (χ0) is 16.4. The van der Waals surface area contributed by atoms with E-state index in [1.54, 1.807) is 6.07 Å². The van der Waals surface area contributed by atoms with Crippen molar-refractivity contribution >= 4 is 16.7 Å². The number of pyridine rings is 1. The topological polar surface area (TPSA) is 37.3 Å². The average Bonchev–Trinajstić information content (AvgIpc) is 2.54. The first-order chi connectivity index (χ1) is 11.1. The minimum atomic E-state index is -0.300. The van der Waals surface area contributed by atoms with Gasteiger partial charge in [0.1, 0.15) is 5.58 Å². The smallest absolute Gasteiger partial charge is 0.336 e. The minimum absolute atomic E-state index is 0.300. The van der Waals surface area contributed by atoms with Gasteiger partial charge in [-0.3, -0.25) is 0 Å². The molecule has 0 amide bonds. The van der Waals surface area contributed by atoms with E-state index in [1.807, 2.05) is 38.6 Å². The maximum absolute atomic E-state index is 11.9. The Balaban J connectivity index is 2.00. The summed E-state index contributed by atoms with van der Waals surface area (Å²) in [5, 5.41) is 0.992. The quantitative estimate of drug-likeness (QED) is 0.549. The molecule has 2 heterocycles. The lowest BCUT2D eigenvalue weighted by molar-refractivity contribution is -0.688. The SMILES string of the molecule is CCc1ccc2c(C[n+]3ccc(N(C)C)cc3)cc(=O)oc2c1. The normalized spacial score (nSPS) is 10.9. The zero-order valence-corrected chi connectivity index (χ0v) is 13.7. The van der Waals surface area contributed by atoms with Crippen molar-refractivity contribution in [2.24, 2.45) is 0 Å². The van der Waals surface area contributed by atoms with Gasteiger partial charge in [-0.25, -0.2) is 9.36 Å². The van der Waals surface area contributed by atoms with Crippen LogP contribution in [0.2, 0.25) is 0 Å². The first-order valence-corrected chi connectivity index (χ1v) is 7.79. The van der Waals surface area contributed by atoms with Crippen LogP contribution in [0, 0.1) is 0 Å². The van der Waals surface area contributed by atoms with E-state index in [0.717, 1.165) is 23.1 Å². The molecule has 23 heavy (non-hydrogen) atoms. The van der Waals surface area contributed by atoms with Crippen LogP contribution in [0.4, 0.5) is 5.69 Å². The molecule has 0 spiro atoms. The number of hydrogen-bond acceptors (Lipinski definition) is 3. The Morgan fingerprint density at radius 3 is 2.48 bits per heavy atom. The molecule has 0 aliphatic carbocycles. The van der Waals surface area contributed by atoms with Gasteiger partial charge < -0.3 is 9.32 Å². The number of rotatable bonds is 4. The van der Waals surface area contributed by atoms with Crippen molar-refractivity contribution in [3.05, 3.63) is 70.3 Å². The molecular formula is C19H21N2O2+. The fourth-order valence-corrected chi connectivity index (χ4v) is 2.67. The molecule has 0 unspecified atom stereocenters. The predicted octanol–water partition coefficient (Wildman–Crippen LogP) is 2.76. The lowest BCUT2D eigenvalue weighted by atomic mass is 10.1. The monoisotopic (exact) mass is 309 g/mol. The van der Waals surface area contributed by atoms with Crippen molar-refractivity contribution in [3.8, 4) is 0 Å². The third-order valence-electron chi connectivity index (χ3n) is 4.05. The molecule has 0 aliphatic heterocycles. The highest BCUT2D eigenvalue weighted by molar-refractivity contribution is 5.80. The second-order valence-electron chi connectivity index (χ2n) is 5.90. The second kappa shape index (κ2) is 6.24. The van der Waals surface area contributed by atoms with Crippen molar-refractivity contribution in [2.75, 3.05) is 19.0 Å². The highest BCUT2D eigenvalue weighted by Gasteiger charge is 2.11. The molecular weight excluding hydrogens is 288 g/mol. The molecule has 2 aromatic heterocycles. The number of nitrogens with zero attached hydrogens (tertiary/aromatic N) is 2. The van der Waals surface area contributed by atoms with Crippen LogP contribution in [-0.4, -0.2) is 14.1 Å². The molecule has 0 saturated heterocycles. The summed E-state index contributed by atoms with van der Waals surface area (Å²) >= 11 is 0. The molecule has 0 radical (unpaired) electrons. The van der Waals surface area contributed by atoms with Crippen LogP contribution < -0.4 is 15.1 Å². The van der Waals surface area contributed by atoms with Gasteiger partial charge in [0.15, 0.2) is 18.9 Å². The lowest BCUT2D eigenvalue weighted by Gasteiger charge is -2.10. The van der Waals surface area contributed by atoms with E-state index in [9.17, 15) is 4.79 Å². The molecule has 0 aliphatic rings. The van der Waals surface area contributed by atoms with Crippen LogP contribution in [0.5, 0.6) is 0 Å². The Hall–Kier alpha value is -2.62. The summed E-state index contributed by atoms with van der Waals surface area (Å²) in [6, 6.07) is 11.8. The fourth-order valence-electron chi connectivity index (χ4n) is 2.67. The number of fused-ring (bicyclic) bond motifs is 1. The van der Waals surface area contributed by atoms with Crippen LogP contribution in [0.3, 0.4) is 0 Å². The van der Waals surface area contributed by atoms with Gasteiger partial charge >= 0.3 is 5.63 Å². The number of aromatic nitrogens is 1. The van der Waals surface area contributed by atoms with Crippen molar-refractivity contribution in [1.82, 2.24) is 0 Å². The Labute approximate surface area is 135 Å². The first-order valence-electron chi connectivity index (χ1n) is 7.79. The van der Waals surface area contributed by atoms with Crippen molar-refractivity contribution < 1.29 is 8.98 Å². The Morgan fingerprint density at radius 2 is 1.83 bits per heavy atom. The number of hydrogen-bond donors (Lipinski definition) is 0. The summed E-state index contributed by atoms with van der Waals surface area (Å²) in [5.74, 6) is 0. The third-order valence-corrected chi connectivity index (χ3v) is 4.05. The van der Waals surface area contributed by atoms with Gasteiger partial charge in [-0.05, 0) is 18.1 Å². The number of benzene rings is 1. The summed E-state index contributed by atoms with van der Waals surface area (Å²) in [6.07, 6.45) is 4.97. The molecule has 0 bridgehead atoms. The number of aryl methyl sites for hydroxylation is 1. The standard InChI is InChI=1S/C19H21N2O2/c1-4-14-5-6-17-15(12-19(22)23-18(17)11-14)13-21-9-7-16(8-10-21)20(2)3/h5-12H,4,13H2,1-3H3/q+1. The van der Waals surface area contributed by atoms with Gasteiger partial charge in [-0.2, -0.15) is 0 Å². The van der Waals surface area contributed by atoms with Crippen LogP contribution in [0.15, 0.2) is 58.0 Å². The maximum Gasteiger partial charge on any atom is 0.336 e. The molecule has 0 atom stereocenters. The number of anilines is 1. The molecule has 4 nitrogen and oxygen atoms in total. The molecule has 118 valence electrons. The Kier molecular flexibility index (Phi) is 4.15. The highest BCUT2D eigenvalue weighted by Crippen LogP contribution is 2.19. The summed E-state index contributed by atoms with van der Waals surface area (Å²) in [5.41, 5.74) is 3.65. The van der Waals surface area contributed by atoms with E-state index < -0.39 is 0 Å². The van der Waals surface area contributed by atoms with E-state index >= 15 is 0 Å². The van der Waals surface area contributed by atoms with Crippen molar-refractivity contribution in [2.45, 2.75) is 19.9 Å². The van der Waals surface area contributed by atoms with Gasteiger partial charge in [0.05, 0.1) is 0 Å². The van der Waals surface area contributed by atoms with Gasteiger partial charge in [0.25, 0.3) is 0 Å². The van der Waals surface area contributed by atoms with E-state index in [0.29, 0.717) is 12.1 Å². The second-order valence-corrected chi connectivity index (χ2v) is 5.90. The van der Waals surface area contributed by atoms with Crippen molar-refractivity contribution in [1.29, 1.82) is 0 Å². The van der Waals surface area contributed by atoms with Crippen LogP contribution in [0.1, 0.15) is 18.1 Å². The van der Waals surface area contributed by atoms with Gasteiger partial charge in [0.2, 0.25) is 0 Å². The summed E-state index contributed by atoms with van der Waals surface area (Å²) in [4.78, 5) is 13.9. The van der Waals surface area contributed by atoms with E-state index in [-0.39, 0.29) is 5.63 Å². The van der Waals surface area contributed by atoms with Gasteiger partial charge in [0, 0.05) is 48.9 Å². The van der Waals surface area contributed by atoms with E-state index in [4.69, 9.17) is 4.42 Å². The largest absolute Gasteiger partial charge is 0.423 e. The summed E-state index contributed by atoms with van der Waals surface area (Å²) in [7, 11) is 4.03. The maximum atomic E-state index is 11.9. The van der Waals surface area contributed by atoms with Crippen LogP contribution >= 0.6 is 0 Å². The minimum Gasteiger partial charge on any atom is -0.423 e. The van der Waals surface area contributed by atoms with E-state index in [2.05, 4.69) is 34.6 Å². The average molecular weight is 309 g/mol. The summed E-state index contributed by atoms with van der Waals surface area (Å²) < 4.78 is 7.43. The molecule has 4 heteroatoms. The van der Waals surface area contributed by atoms with Crippen LogP contribution in [-0.2, 0) is 13.0 Å². The first kappa shape index (κ1) is 15.3. The lowest BCUT2D eigenvalue weighted by Crippen LogP contribution is -2.34. The molecule has 0 saturated carbocycles. The van der Waals surface area contributed by atoms with Gasteiger partial charge in [-0.15, -0.1) is 0 Å². The molecule has 0 fully saturated rings. The fraction of sp³-hybridized carbons (Fsp3) is 0.263. The summed E-state index contributed by atoms with van der Waals surface area (Å²) in [6.45, 7) is 2.73. The Morgan fingerprint density at radius 1 is 1.09 bits per heavy atom. The molecule has 3 rings (SSSR count). The third kappa shape index (κ3) is 3.26. The van der Waals surface area contributed by atoms with Crippen molar-refractivity contribution in [3.63, 3.8) is 0 Å². The molecule has 3 aromatic rings. The Bertz CT molecular complexity index is 880. The van der Waals surface area contributed by atoms with Crippen LogP contribution in [0.25, 0.3) is 11.0 Å². The highest BCUT2D eigenvalue weighted by atomic mass is 16.4. The molecule has 0 N–H and O–H groups in total. The molecule has 1 aromatic carbocycles. The van der Waals surface area contributed by atoms with E-state index in [1.165, 1.54) is 5.56 Å². The van der Waals surface area contributed by atoms with Gasteiger partial charge in [-0.1, -0.05) is 19.1 Å². The zero-order valence-electron chi connectivity index (χ0n) is 13.7. The predicted molar refractivity (Wildman–Crippen MR) is 91.9 cm³/mol.